The summed E-state index contributed by atoms with van der Waals surface area (Å²) in [5, 5.41) is 0.999. The van der Waals surface area contributed by atoms with E-state index in [2.05, 4.69) is 0 Å². The van der Waals surface area contributed by atoms with E-state index in [9.17, 15) is 9.59 Å². The SMILES string of the molecule is CC(C)(C)OC(=O)Cn1cc(C=CC=O)c2ccccc21. The summed E-state index contributed by atoms with van der Waals surface area (Å²) in [6.07, 6.45) is 5.77. The van der Waals surface area contributed by atoms with Crippen molar-refractivity contribution in [2.75, 3.05) is 0 Å². The van der Waals surface area contributed by atoms with Crippen LogP contribution in [-0.4, -0.2) is 22.4 Å². The van der Waals surface area contributed by atoms with Crippen LogP contribution in [0.2, 0.25) is 0 Å². The quantitative estimate of drug-likeness (QED) is 0.492. The molecule has 0 aliphatic carbocycles. The first kappa shape index (κ1) is 15.0. The molecule has 2 rings (SSSR count). The molecule has 1 aromatic carbocycles. The molecule has 0 unspecified atom stereocenters. The van der Waals surface area contributed by atoms with Crippen molar-refractivity contribution < 1.29 is 14.3 Å². The van der Waals surface area contributed by atoms with Gasteiger partial charge in [0.25, 0.3) is 0 Å². The summed E-state index contributed by atoms with van der Waals surface area (Å²) in [7, 11) is 0. The Morgan fingerprint density at radius 3 is 2.67 bits per heavy atom. The molecule has 0 bridgehead atoms. The van der Waals surface area contributed by atoms with Crippen molar-refractivity contribution in [3.8, 4) is 0 Å². The monoisotopic (exact) mass is 285 g/mol. The van der Waals surface area contributed by atoms with E-state index < -0.39 is 5.60 Å². The van der Waals surface area contributed by atoms with Gasteiger partial charge in [0.05, 0.1) is 0 Å². The summed E-state index contributed by atoms with van der Waals surface area (Å²) < 4.78 is 7.19. The van der Waals surface area contributed by atoms with Crippen LogP contribution < -0.4 is 0 Å². The molecule has 0 amide bonds. The number of para-hydroxylation sites is 1. The molecule has 0 radical (unpaired) electrons. The highest BCUT2D eigenvalue weighted by Crippen LogP contribution is 2.22. The zero-order chi connectivity index (χ0) is 15.5. The summed E-state index contributed by atoms with van der Waals surface area (Å²) in [6.45, 7) is 5.68. The number of esters is 1. The maximum absolute atomic E-state index is 12.0. The van der Waals surface area contributed by atoms with Crippen LogP contribution in [0.3, 0.4) is 0 Å². The number of nitrogens with zero attached hydrogens (tertiary/aromatic N) is 1. The van der Waals surface area contributed by atoms with E-state index >= 15 is 0 Å². The van der Waals surface area contributed by atoms with Crippen molar-refractivity contribution in [2.45, 2.75) is 32.9 Å². The largest absolute Gasteiger partial charge is 0.459 e. The second kappa shape index (κ2) is 5.95. The number of hydrogen-bond donors (Lipinski definition) is 0. The average molecular weight is 285 g/mol. The standard InChI is InChI=1S/C17H19NO3/c1-17(2,3)21-16(20)12-18-11-13(7-6-10-19)14-8-4-5-9-15(14)18/h4-11H,12H2,1-3H3. The van der Waals surface area contributed by atoms with E-state index in [4.69, 9.17) is 4.74 Å². The lowest BCUT2D eigenvalue weighted by molar-refractivity contribution is -0.155. The van der Waals surface area contributed by atoms with Gasteiger partial charge in [0.15, 0.2) is 0 Å². The van der Waals surface area contributed by atoms with Crippen molar-refractivity contribution in [1.29, 1.82) is 0 Å². The number of rotatable bonds is 4. The fourth-order valence-corrected chi connectivity index (χ4v) is 2.19. The summed E-state index contributed by atoms with van der Waals surface area (Å²) in [4.78, 5) is 22.5. The minimum Gasteiger partial charge on any atom is -0.459 e. The molecule has 4 heteroatoms. The topological polar surface area (TPSA) is 48.3 Å². The summed E-state index contributed by atoms with van der Waals surface area (Å²) in [6, 6.07) is 7.75. The Bertz CT molecular complexity index is 690. The lowest BCUT2D eigenvalue weighted by Crippen LogP contribution is -2.26. The van der Waals surface area contributed by atoms with Crippen LogP contribution in [-0.2, 0) is 20.9 Å². The molecule has 0 aliphatic rings. The molecular weight excluding hydrogens is 266 g/mol. The molecule has 0 aliphatic heterocycles. The molecule has 0 atom stereocenters. The highest BCUT2D eigenvalue weighted by molar-refractivity contribution is 5.92. The molecule has 1 aromatic heterocycles. The third-order valence-corrected chi connectivity index (χ3v) is 2.89. The molecule has 0 saturated carbocycles. The molecule has 0 spiro atoms. The van der Waals surface area contributed by atoms with E-state index in [1.165, 1.54) is 6.08 Å². The summed E-state index contributed by atoms with van der Waals surface area (Å²) in [5.41, 5.74) is 1.34. The molecule has 4 nitrogen and oxygen atoms in total. The van der Waals surface area contributed by atoms with Gasteiger partial charge in [-0.15, -0.1) is 0 Å². The number of allylic oxidation sites excluding steroid dienone is 1. The second-order valence-electron chi connectivity index (χ2n) is 5.81. The minimum absolute atomic E-state index is 0.146. The van der Waals surface area contributed by atoms with Crippen LogP contribution in [0.15, 0.2) is 36.5 Å². The Labute approximate surface area is 124 Å². The lowest BCUT2D eigenvalue weighted by Gasteiger charge is -2.19. The van der Waals surface area contributed by atoms with Crippen molar-refractivity contribution in [2.24, 2.45) is 0 Å². The van der Waals surface area contributed by atoms with E-state index in [1.807, 2.05) is 55.8 Å². The van der Waals surface area contributed by atoms with Gasteiger partial charge in [-0.1, -0.05) is 18.2 Å². The Morgan fingerprint density at radius 2 is 2.00 bits per heavy atom. The molecule has 0 N–H and O–H groups in total. The zero-order valence-electron chi connectivity index (χ0n) is 12.5. The number of aromatic nitrogens is 1. The van der Waals surface area contributed by atoms with Crippen molar-refractivity contribution in [1.82, 2.24) is 4.57 Å². The number of ether oxygens (including phenoxy) is 1. The molecule has 0 fully saturated rings. The van der Waals surface area contributed by atoms with Crippen molar-refractivity contribution in [3.05, 3.63) is 42.1 Å². The predicted octanol–water partition coefficient (Wildman–Crippen LogP) is 3.20. The predicted molar refractivity (Wildman–Crippen MR) is 82.9 cm³/mol. The van der Waals surface area contributed by atoms with Crippen molar-refractivity contribution in [3.63, 3.8) is 0 Å². The van der Waals surface area contributed by atoms with Crippen LogP contribution in [0.5, 0.6) is 0 Å². The third kappa shape index (κ3) is 3.81. The molecular formula is C17H19NO3. The van der Waals surface area contributed by atoms with E-state index in [1.54, 1.807) is 6.08 Å². The van der Waals surface area contributed by atoms with Crippen LogP contribution in [0, 0.1) is 0 Å². The number of carbonyl (C=O) groups excluding carboxylic acids is 2. The lowest BCUT2D eigenvalue weighted by atomic mass is 10.2. The third-order valence-electron chi connectivity index (χ3n) is 2.89. The first-order valence-corrected chi connectivity index (χ1v) is 6.82. The molecule has 0 saturated heterocycles. The summed E-state index contributed by atoms with van der Waals surface area (Å²) >= 11 is 0. The number of fused-ring (bicyclic) bond motifs is 1. The van der Waals surface area contributed by atoms with Crippen molar-refractivity contribution >= 4 is 29.2 Å². The Kier molecular flexibility index (Phi) is 4.26. The number of hydrogen-bond acceptors (Lipinski definition) is 3. The first-order chi connectivity index (χ1) is 9.90. The van der Waals surface area contributed by atoms with Gasteiger partial charge in [-0.05, 0) is 39.0 Å². The van der Waals surface area contributed by atoms with Gasteiger partial charge < -0.3 is 9.30 Å². The highest BCUT2D eigenvalue weighted by Gasteiger charge is 2.17. The first-order valence-electron chi connectivity index (χ1n) is 6.82. The molecule has 110 valence electrons. The van der Waals surface area contributed by atoms with Crippen LogP contribution >= 0.6 is 0 Å². The molecule has 1 heterocycles. The fraction of sp³-hybridized carbons (Fsp3) is 0.294. The smallest absolute Gasteiger partial charge is 0.326 e. The van der Waals surface area contributed by atoms with E-state index in [-0.39, 0.29) is 12.5 Å². The van der Waals surface area contributed by atoms with Gasteiger partial charge in [-0.25, -0.2) is 0 Å². The number of aldehydes is 1. The normalized spacial score (nSPS) is 12.0. The second-order valence-corrected chi connectivity index (χ2v) is 5.81. The zero-order valence-corrected chi connectivity index (χ0v) is 12.5. The van der Waals surface area contributed by atoms with Gasteiger partial charge in [0.1, 0.15) is 18.4 Å². The van der Waals surface area contributed by atoms with Gasteiger partial charge in [0, 0.05) is 22.7 Å². The van der Waals surface area contributed by atoms with Gasteiger partial charge in [-0.3, -0.25) is 9.59 Å². The molecule has 2 aromatic rings. The van der Waals surface area contributed by atoms with Gasteiger partial charge in [0.2, 0.25) is 0 Å². The fourth-order valence-electron chi connectivity index (χ4n) is 2.19. The number of benzene rings is 1. The van der Waals surface area contributed by atoms with Crippen LogP contribution in [0.4, 0.5) is 0 Å². The maximum Gasteiger partial charge on any atom is 0.326 e. The van der Waals surface area contributed by atoms with Gasteiger partial charge in [-0.2, -0.15) is 0 Å². The van der Waals surface area contributed by atoms with Crippen LogP contribution in [0.25, 0.3) is 17.0 Å². The summed E-state index contributed by atoms with van der Waals surface area (Å²) in [5.74, 6) is -0.283. The Morgan fingerprint density at radius 1 is 1.29 bits per heavy atom. The van der Waals surface area contributed by atoms with E-state index in [0.29, 0.717) is 0 Å². The molecule has 21 heavy (non-hydrogen) atoms. The number of carbonyl (C=O) groups is 2. The van der Waals surface area contributed by atoms with E-state index in [0.717, 1.165) is 22.8 Å². The Balaban J connectivity index is 2.34. The minimum atomic E-state index is -0.500. The van der Waals surface area contributed by atoms with Gasteiger partial charge >= 0.3 is 5.97 Å². The average Bonchev–Trinajstić information content (AvgIpc) is 2.73. The Hall–Kier alpha value is -2.36. The van der Waals surface area contributed by atoms with Crippen LogP contribution in [0.1, 0.15) is 26.3 Å². The maximum atomic E-state index is 12.0. The highest BCUT2D eigenvalue weighted by atomic mass is 16.6.